The van der Waals surface area contributed by atoms with Crippen molar-refractivity contribution in [1.29, 1.82) is 0 Å². The molecular weight excluding hydrogens is 486 g/mol. The molecule has 1 amide bonds. The normalized spacial score (nSPS) is 17.1. The monoisotopic (exact) mass is 511 g/mol. The third-order valence-electron chi connectivity index (χ3n) is 6.09. The van der Waals surface area contributed by atoms with Crippen LogP contribution in [0.1, 0.15) is 30.4 Å². The number of amides is 1. The van der Waals surface area contributed by atoms with Crippen molar-refractivity contribution in [3.8, 4) is 0 Å². The number of rotatable bonds is 6. The predicted octanol–water partition coefficient (Wildman–Crippen LogP) is 5.44. The van der Waals surface area contributed by atoms with Gasteiger partial charge in [0.15, 0.2) is 5.13 Å². The second kappa shape index (κ2) is 9.58. The number of nitrogens with zero attached hydrogens (tertiary/aromatic N) is 3. The summed E-state index contributed by atoms with van der Waals surface area (Å²) in [6.07, 6.45) is 2.05. The number of benzene rings is 2. The van der Waals surface area contributed by atoms with Crippen molar-refractivity contribution < 1.29 is 13.2 Å². The highest BCUT2D eigenvalue weighted by atomic mass is 32.2. The summed E-state index contributed by atoms with van der Waals surface area (Å²) < 4.78 is 29.5. The highest BCUT2D eigenvalue weighted by Crippen LogP contribution is 2.34. The summed E-state index contributed by atoms with van der Waals surface area (Å²) in [5.41, 5.74) is 2.89. The number of piperidine rings is 1. The number of hydrogen-bond acceptors (Lipinski definition) is 6. The minimum Gasteiger partial charge on any atom is -0.282 e. The Labute approximate surface area is 207 Å². The number of thiophene rings is 1. The van der Waals surface area contributed by atoms with Gasteiger partial charge in [0, 0.05) is 6.54 Å². The molecular formula is C25H25N3O3S3. The first kappa shape index (κ1) is 23.2. The second-order valence-corrected chi connectivity index (χ2v) is 12.5. The minimum atomic E-state index is -3.75. The third-order valence-corrected chi connectivity index (χ3v) is 10.4. The van der Waals surface area contributed by atoms with Gasteiger partial charge in [0.1, 0.15) is 10.3 Å². The van der Waals surface area contributed by atoms with Crippen LogP contribution in [0.5, 0.6) is 0 Å². The summed E-state index contributed by atoms with van der Waals surface area (Å²) in [5.74, 6) is -0.222. The number of hydrogen-bond donors (Lipinski definition) is 0. The zero-order valence-electron chi connectivity index (χ0n) is 18.8. The molecule has 2 aromatic heterocycles. The summed E-state index contributed by atoms with van der Waals surface area (Å²) in [4.78, 5) is 20.6. The maximum absolute atomic E-state index is 14.1. The number of thiazole rings is 1. The molecule has 0 saturated carbocycles. The Morgan fingerprint density at radius 1 is 1.09 bits per heavy atom. The van der Waals surface area contributed by atoms with Gasteiger partial charge in [-0.25, -0.2) is 13.4 Å². The van der Waals surface area contributed by atoms with E-state index < -0.39 is 16.1 Å². The lowest BCUT2D eigenvalue weighted by Crippen LogP contribution is -2.52. The molecule has 0 radical (unpaired) electrons. The number of anilines is 1. The molecule has 9 heteroatoms. The fraction of sp³-hybridized carbons (Fsp3) is 0.280. The highest BCUT2D eigenvalue weighted by Gasteiger charge is 2.40. The number of fused-ring (bicyclic) bond motifs is 1. The van der Waals surface area contributed by atoms with Crippen molar-refractivity contribution >= 4 is 54.0 Å². The van der Waals surface area contributed by atoms with Crippen molar-refractivity contribution in [2.24, 2.45) is 0 Å². The van der Waals surface area contributed by atoms with Crippen LogP contribution < -0.4 is 4.90 Å². The van der Waals surface area contributed by atoms with Crippen LogP contribution in [0.25, 0.3) is 10.2 Å². The van der Waals surface area contributed by atoms with Gasteiger partial charge in [-0.05, 0) is 48.4 Å². The molecule has 3 heterocycles. The van der Waals surface area contributed by atoms with Crippen LogP contribution in [0.3, 0.4) is 0 Å². The molecule has 176 valence electrons. The molecule has 1 aliphatic rings. The summed E-state index contributed by atoms with van der Waals surface area (Å²) in [7, 11) is -3.75. The number of sulfonamides is 1. The molecule has 0 spiro atoms. The van der Waals surface area contributed by atoms with Gasteiger partial charge in [0.05, 0.1) is 16.8 Å². The number of carbonyl (C=O) groups is 1. The van der Waals surface area contributed by atoms with Crippen molar-refractivity contribution in [3.63, 3.8) is 0 Å². The molecule has 0 aliphatic carbocycles. The number of aromatic nitrogens is 1. The van der Waals surface area contributed by atoms with Crippen molar-refractivity contribution in [2.75, 3.05) is 11.4 Å². The van der Waals surface area contributed by atoms with E-state index in [4.69, 9.17) is 4.98 Å². The summed E-state index contributed by atoms with van der Waals surface area (Å²) in [6.45, 7) is 2.68. The average molecular weight is 512 g/mol. The molecule has 0 N–H and O–H groups in total. The lowest BCUT2D eigenvalue weighted by molar-refractivity contribution is -0.123. The second-order valence-electron chi connectivity index (χ2n) is 8.39. The van der Waals surface area contributed by atoms with Crippen LogP contribution >= 0.6 is 22.7 Å². The Morgan fingerprint density at radius 2 is 1.91 bits per heavy atom. The van der Waals surface area contributed by atoms with E-state index in [0.29, 0.717) is 24.6 Å². The zero-order chi connectivity index (χ0) is 23.7. The smallest absolute Gasteiger partial charge is 0.253 e. The lowest BCUT2D eigenvalue weighted by Gasteiger charge is -2.35. The van der Waals surface area contributed by atoms with Crippen LogP contribution in [-0.4, -0.2) is 36.2 Å². The molecule has 1 aliphatic heterocycles. The fourth-order valence-corrected chi connectivity index (χ4v) is 8.16. The van der Waals surface area contributed by atoms with E-state index in [1.165, 1.54) is 27.0 Å². The van der Waals surface area contributed by atoms with Crippen LogP contribution in [0.4, 0.5) is 5.13 Å². The molecule has 1 fully saturated rings. The largest absolute Gasteiger partial charge is 0.282 e. The Kier molecular flexibility index (Phi) is 6.52. The standard InChI is InChI=1S/C25H25N3O3S3/c1-18-9-7-13-21-23(18)26-25(33-21)27(17-19-10-3-2-4-11-19)24(29)20-12-5-6-15-28(20)34(30,31)22-14-8-16-32-22/h2-4,7-11,13-14,16,20H,5-6,12,15,17H2,1H3. The summed E-state index contributed by atoms with van der Waals surface area (Å²) in [5, 5.41) is 2.34. The van der Waals surface area contributed by atoms with E-state index in [1.54, 1.807) is 22.4 Å². The third kappa shape index (κ3) is 4.40. The average Bonchev–Trinajstić information content (AvgIpc) is 3.54. The Balaban J connectivity index is 1.55. The molecule has 34 heavy (non-hydrogen) atoms. The van der Waals surface area contributed by atoms with Gasteiger partial charge in [-0.2, -0.15) is 4.31 Å². The van der Waals surface area contributed by atoms with E-state index in [1.807, 2.05) is 55.5 Å². The molecule has 2 aromatic carbocycles. The van der Waals surface area contributed by atoms with Crippen LogP contribution in [0, 0.1) is 6.92 Å². The predicted molar refractivity (Wildman–Crippen MR) is 138 cm³/mol. The Bertz CT molecular complexity index is 1400. The van der Waals surface area contributed by atoms with Gasteiger partial charge in [0.25, 0.3) is 10.0 Å². The van der Waals surface area contributed by atoms with Crippen molar-refractivity contribution in [3.05, 3.63) is 77.2 Å². The molecule has 1 atom stereocenters. The number of carbonyl (C=O) groups excluding carboxylic acids is 1. The summed E-state index contributed by atoms with van der Waals surface area (Å²) in [6, 6.07) is 18.3. The first-order chi connectivity index (χ1) is 16.4. The van der Waals surface area contributed by atoms with Gasteiger partial charge in [0.2, 0.25) is 5.91 Å². The number of para-hydroxylation sites is 1. The number of aryl methyl sites for hydroxylation is 1. The minimum absolute atomic E-state index is 0.222. The molecule has 1 unspecified atom stereocenters. The van der Waals surface area contributed by atoms with Gasteiger partial charge in [-0.1, -0.05) is 66.3 Å². The maximum atomic E-state index is 14.1. The quantitative estimate of drug-likeness (QED) is 0.345. The molecule has 4 aromatic rings. The van der Waals surface area contributed by atoms with E-state index in [2.05, 4.69) is 0 Å². The van der Waals surface area contributed by atoms with Crippen molar-refractivity contribution in [2.45, 2.75) is 43.0 Å². The van der Waals surface area contributed by atoms with E-state index >= 15 is 0 Å². The van der Waals surface area contributed by atoms with Gasteiger partial charge >= 0.3 is 0 Å². The highest BCUT2D eigenvalue weighted by molar-refractivity contribution is 7.91. The Hall–Kier alpha value is -2.59. The summed E-state index contributed by atoms with van der Waals surface area (Å²) >= 11 is 2.65. The van der Waals surface area contributed by atoms with E-state index in [-0.39, 0.29) is 10.1 Å². The maximum Gasteiger partial charge on any atom is 0.253 e. The van der Waals surface area contributed by atoms with Gasteiger partial charge < -0.3 is 0 Å². The Morgan fingerprint density at radius 3 is 2.65 bits per heavy atom. The first-order valence-corrected chi connectivity index (χ1v) is 14.4. The van der Waals surface area contributed by atoms with Crippen molar-refractivity contribution in [1.82, 2.24) is 9.29 Å². The van der Waals surface area contributed by atoms with E-state index in [9.17, 15) is 13.2 Å². The van der Waals surface area contributed by atoms with Crippen LogP contribution in [0.15, 0.2) is 70.3 Å². The first-order valence-electron chi connectivity index (χ1n) is 11.2. The van der Waals surface area contributed by atoms with Gasteiger partial charge in [-0.3, -0.25) is 9.69 Å². The molecule has 5 rings (SSSR count). The molecule has 0 bridgehead atoms. The lowest BCUT2D eigenvalue weighted by atomic mass is 10.0. The van der Waals surface area contributed by atoms with E-state index in [0.717, 1.165) is 34.2 Å². The topological polar surface area (TPSA) is 70.6 Å². The fourth-order valence-electron chi connectivity index (χ4n) is 4.34. The van der Waals surface area contributed by atoms with Crippen LogP contribution in [0.2, 0.25) is 0 Å². The van der Waals surface area contributed by atoms with Gasteiger partial charge in [-0.15, -0.1) is 11.3 Å². The zero-order valence-corrected chi connectivity index (χ0v) is 21.2. The molecule has 1 saturated heterocycles. The molecule has 6 nitrogen and oxygen atoms in total. The SMILES string of the molecule is Cc1cccc2sc(N(Cc3ccccc3)C(=O)C3CCCCN3S(=O)(=O)c3cccs3)nc12. The van der Waals surface area contributed by atoms with Crippen LogP contribution in [-0.2, 0) is 21.4 Å².